The molecule has 0 aliphatic carbocycles. The summed E-state index contributed by atoms with van der Waals surface area (Å²) in [4.78, 5) is 32.7. The van der Waals surface area contributed by atoms with Crippen molar-refractivity contribution in [2.24, 2.45) is 0 Å². The summed E-state index contributed by atoms with van der Waals surface area (Å²) in [5.41, 5.74) is 1.37. The van der Waals surface area contributed by atoms with Crippen LogP contribution in [0.4, 0.5) is 11.5 Å². The molecule has 0 unspecified atom stereocenters. The van der Waals surface area contributed by atoms with E-state index in [-0.39, 0.29) is 17.0 Å². The first kappa shape index (κ1) is 12.6. The van der Waals surface area contributed by atoms with Gasteiger partial charge in [-0.3, -0.25) is 14.5 Å². The van der Waals surface area contributed by atoms with E-state index in [1.54, 1.807) is 18.2 Å². The fraction of sp³-hybridized carbons (Fsp3) is 0.0769. The zero-order valence-corrected chi connectivity index (χ0v) is 11.2. The Morgan fingerprint density at radius 1 is 1.10 bits per heavy atom. The van der Waals surface area contributed by atoms with Gasteiger partial charge >= 0.3 is 0 Å². The number of nitrogens with zero attached hydrogens (tertiary/aromatic N) is 3. The van der Waals surface area contributed by atoms with Crippen LogP contribution in [-0.4, -0.2) is 33.7 Å². The second kappa shape index (κ2) is 4.57. The fourth-order valence-corrected chi connectivity index (χ4v) is 2.13. The van der Waals surface area contributed by atoms with Gasteiger partial charge in [-0.1, -0.05) is 11.6 Å². The van der Waals surface area contributed by atoms with E-state index in [0.717, 1.165) is 4.90 Å². The molecule has 20 heavy (non-hydrogen) atoms. The lowest BCUT2D eigenvalue weighted by molar-refractivity contribution is 0.0693. The maximum atomic E-state index is 11.9. The number of aromatic nitrogens is 2. The molecular weight excluding hydrogens is 280 g/mol. The van der Waals surface area contributed by atoms with Crippen LogP contribution in [0.15, 0.2) is 30.6 Å². The summed E-state index contributed by atoms with van der Waals surface area (Å²) in [7, 11) is 1.46. The molecule has 0 bridgehead atoms. The van der Waals surface area contributed by atoms with Crippen LogP contribution in [0.25, 0.3) is 0 Å². The van der Waals surface area contributed by atoms with Gasteiger partial charge in [0.05, 0.1) is 11.1 Å². The second-order valence-corrected chi connectivity index (χ2v) is 4.61. The van der Waals surface area contributed by atoms with E-state index in [1.165, 1.54) is 19.4 Å². The van der Waals surface area contributed by atoms with Gasteiger partial charge in [-0.2, -0.15) is 0 Å². The van der Waals surface area contributed by atoms with Gasteiger partial charge in [0.2, 0.25) is 0 Å². The SMILES string of the molecule is CN1C(=O)c2ccc(Nc3nccnc3Cl)cc2C1=O. The number of rotatable bonds is 2. The molecule has 0 spiro atoms. The molecule has 1 aliphatic heterocycles. The summed E-state index contributed by atoms with van der Waals surface area (Å²) < 4.78 is 0. The Morgan fingerprint density at radius 2 is 1.80 bits per heavy atom. The molecule has 2 amide bonds. The van der Waals surface area contributed by atoms with Gasteiger partial charge in [0.15, 0.2) is 11.0 Å². The fourth-order valence-electron chi connectivity index (χ4n) is 1.98. The highest BCUT2D eigenvalue weighted by molar-refractivity contribution is 6.31. The number of fused-ring (bicyclic) bond motifs is 1. The average Bonchev–Trinajstić information content (AvgIpc) is 2.66. The first-order chi connectivity index (χ1) is 9.58. The van der Waals surface area contributed by atoms with E-state index < -0.39 is 0 Å². The predicted molar refractivity (Wildman–Crippen MR) is 73.2 cm³/mol. The summed E-state index contributed by atoms with van der Waals surface area (Å²) in [6.07, 6.45) is 2.98. The zero-order valence-electron chi connectivity index (χ0n) is 10.4. The summed E-state index contributed by atoms with van der Waals surface area (Å²) in [5.74, 6) is -0.229. The van der Waals surface area contributed by atoms with Crippen LogP contribution in [0.3, 0.4) is 0 Å². The first-order valence-electron chi connectivity index (χ1n) is 5.78. The lowest BCUT2D eigenvalue weighted by Gasteiger charge is -2.07. The van der Waals surface area contributed by atoms with Gasteiger partial charge in [0.25, 0.3) is 11.8 Å². The van der Waals surface area contributed by atoms with Crippen LogP contribution in [0.1, 0.15) is 20.7 Å². The maximum Gasteiger partial charge on any atom is 0.261 e. The standard InChI is InChI=1S/C13H9ClN4O2/c1-18-12(19)8-3-2-7(6-9(8)13(18)20)17-11-10(14)15-4-5-16-11/h2-6H,1H3,(H,16,17). The highest BCUT2D eigenvalue weighted by Gasteiger charge is 2.32. The monoisotopic (exact) mass is 288 g/mol. The third-order valence-corrected chi connectivity index (χ3v) is 3.28. The van der Waals surface area contributed by atoms with E-state index in [0.29, 0.717) is 22.6 Å². The molecule has 0 saturated heterocycles. The molecule has 6 nitrogen and oxygen atoms in total. The minimum absolute atomic E-state index is 0.229. The third kappa shape index (κ3) is 1.90. The summed E-state index contributed by atoms with van der Waals surface area (Å²) >= 11 is 5.90. The lowest BCUT2D eigenvalue weighted by Crippen LogP contribution is -2.24. The number of imide groups is 1. The molecule has 0 atom stereocenters. The molecule has 1 N–H and O–H groups in total. The zero-order chi connectivity index (χ0) is 14.3. The number of halogens is 1. The molecule has 0 fully saturated rings. The lowest BCUT2D eigenvalue weighted by atomic mass is 10.1. The quantitative estimate of drug-likeness (QED) is 0.857. The summed E-state index contributed by atoms with van der Waals surface area (Å²) in [6, 6.07) is 4.89. The van der Waals surface area contributed by atoms with Crippen molar-refractivity contribution in [1.29, 1.82) is 0 Å². The minimum Gasteiger partial charge on any atom is -0.338 e. The van der Waals surface area contributed by atoms with E-state index in [1.807, 2.05) is 0 Å². The van der Waals surface area contributed by atoms with Crippen LogP contribution in [-0.2, 0) is 0 Å². The van der Waals surface area contributed by atoms with Gasteiger partial charge < -0.3 is 5.32 Å². The molecule has 100 valence electrons. The van der Waals surface area contributed by atoms with Gasteiger partial charge in [-0.15, -0.1) is 0 Å². The van der Waals surface area contributed by atoms with Crippen molar-refractivity contribution >= 4 is 34.9 Å². The Morgan fingerprint density at radius 3 is 2.55 bits per heavy atom. The Balaban J connectivity index is 1.97. The van der Waals surface area contributed by atoms with Gasteiger partial charge in [-0.05, 0) is 18.2 Å². The third-order valence-electron chi connectivity index (χ3n) is 3.01. The number of amides is 2. The Labute approximate surface area is 119 Å². The van der Waals surface area contributed by atoms with Crippen molar-refractivity contribution in [3.8, 4) is 0 Å². The summed E-state index contributed by atoms with van der Waals surface area (Å²) in [5, 5.41) is 3.19. The first-order valence-corrected chi connectivity index (χ1v) is 6.15. The van der Waals surface area contributed by atoms with Crippen molar-refractivity contribution in [3.05, 3.63) is 46.9 Å². The van der Waals surface area contributed by atoms with E-state index in [9.17, 15) is 9.59 Å². The number of nitrogens with one attached hydrogen (secondary N) is 1. The van der Waals surface area contributed by atoms with E-state index >= 15 is 0 Å². The second-order valence-electron chi connectivity index (χ2n) is 4.25. The molecular formula is C13H9ClN4O2. The van der Waals surface area contributed by atoms with Gasteiger partial charge in [0, 0.05) is 25.1 Å². The Kier molecular flexibility index (Phi) is 2.87. The van der Waals surface area contributed by atoms with Crippen LogP contribution in [0, 0.1) is 0 Å². The predicted octanol–water partition coefficient (Wildman–Crippen LogP) is 2.10. The number of carbonyl (C=O) groups excluding carboxylic acids is 2. The number of carbonyl (C=O) groups is 2. The number of hydrogen-bond acceptors (Lipinski definition) is 5. The van der Waals surface area contributed by atoms with Crippen LogP contribution in [0.2, 0.25) is 5.15 Å². The molecule has 2 heterocycles. The van der Waals surface area contributed by atoms with Crippen LogP contribution in [0.5, 0.6) is 0 Å². The van der Waals surface area contributed by atoms with Gasteiger partial charge in [0.1, 0.15) is 0 Å². The smallest absolute Gasteiger partial charge is 0.261 e. The van der Waals surface area contributed by atoms with Crippen LogP contribution < -0.4 is 5.32 Å². The van der Waals surface area contributed by atoms with Crippen molar-refractivity contribution in [2.45, 2.75) is 0 Å². The largest absolute Gasteiger partial charge is 0.338 e. The highest BCUT2D eigenvalue weighted by atomic mass is 35.5. The molecule has 1 aliphatic rings. The topological polar surface area (TPSA) is 75.2 Å². The molecule has 2 aromatic rings. The van der Waals surface area contributed by atoms with Crippen molar-refractivity contribution in [2.75, 3.05) is 12.4 Å². The molecule has 3 rings (SSSR count). The molecule has 7 heteroatoms. The van der Waals surface area contributed by atoms with E-state index in [4.69, 9.17) is 11.6 Å². The van der Waals surface area contributed by atoms with Gasteiger partial charge in [-0.25, -0.2) is 9.97 Å². The van der Waals surface area contributed by atoms with Crippen LogP contribution >= 0.6 is 11.6 Å². The number of hydrogen-bond donors (Lipinski definition) is 1. The number of anilines is 2. The minimum atomic E-state index is -0.320. The number of benzene rings is 1. The highest BCUT2D eigenvalue weighted by Crippen LogP contribution is 2.27. The molecule has 0 saturated carbocycles. The Bertz CT molecular complexity index is 732. The van der Waals surface area contributed by atoms with Crippen molar-refractivity contribution in [1.82, 2.24) is 14.9 Å². The molecule has 1 aromatic carbocycles. The normalized spacial score (nSPS) is 13.6. The van der Waals surface area contributed by atoms with Crippen molar-refractivity contribution in [3.63, 3.8) is 0 Å². The summed E-state index contributed by atoms with van der Waals surface area (Å²) in [6.45, 7) is 0. The van der Waals surface area contributed by atoms with Crippen molar-refractivity contribution < 1.29 is 9.59 Å². The van der Waals surface area contributed by atoms with E-state index in [2.05, 4.69) is 15.3 Å². The molecule has 0 radical (unpaired) electrons. The average molecular weight is 289 g/mol. The maximum absolute atomic E-state index is 11.9. The Hall–Kier alpha value is -2.47. The molecule has 1 aromatic heterocycles.